The van der Waals surface area contributed by atoms with Gasteiger partial charge in [0.25, 0.3) is 0 Å². The molecule has 2 rings (SSSR count). The Kier molecular flexibility index (Phi) is 9.63. The fraction of sp³-hybridized carbons (Fsp3) is 0.700. The van der Waals surface area contributed by atoms with Crippen LogP contribution in [0.1, 0.15) is 70.6 Å². The number of anilines is 2. The van der Waals surface area contributed by atoms with Crippen molar-refractivity contribution in [3.63, 3.8) is 0 Å². The van der Waals surface area contributed by atoms with Crippen LogP contribution >= 0.6 is 11.5 Å². The van der Waals surface area contributed by atoms with E-state index in [4.69, 9.17) is 4.98 Å². The van der Waals surface area contributed by atoms with Crippen LogP contribution in [-0.4, -0.2) is 28.5 Å². The minimum absolute atomic E-state index is 0.508. The molecule has 1 saturated carbocycles. The van der Waals surface area contributed by atoms with Gasteiger partial charge in [0.05, 0.1) is 0 Å². The molecule has 1 aromatic heterocycles. The maximum Gasteiger partial charge on any atom is 0.236 e. The third kappa shape index (κ3) is 7.59. The molecule has 1 N–H and O–H groups in total. The van der Waals surface area contributed by atoms with E-state index in [1.807, 2.05) is 12.2 Å². The van der Waals surface area contributed by atoms with Crippen LogP contribution in [0.2, 0.25) is 0 Å². The average molecular weight is 363 g/mol. The van der Waals surface area contributed by atoms with Crippen LogP contribution in [0.3, 0.4) is 0 Å². The van der Waals surface area contributed by atoms with Gasteiger partial charge in [0, 0.05) is 30.7 Å². The van der Waals surface area contributed by atoms with E-state index in [1.165, 1.54) is 82.2 Å². The lowest BCUT2D eigenvalue weighted by Crippen LogP contribution is -2.23. The Labute approximate surface area is 157 Å². The highest BCUT2D eigenvalue weighted by Gasteiger charge is 2.14. The molecule has 0 aliphatic heterocycles. The van der Waals surface area contributed by atoms with Gasteiger partial charge >= 0.3 is 0 Å². The van der Waals surface area contributed by atoms with Crippen LogP contribution in [0, 0.1) is 0 Å². The lowest BCUT2D eigenvalue weighted by molar-refractivity contribution is 0.479. The quantitative estimate of drug-likeness (QED) is 0.622. The summed E-state index contributed by atoms with van der Waals surface area (Å²) in [5.41, 5.74) is 0. The first-order valence-electron chi connectivity index (χ1n) is 9.90. The maximum absolute atomic E-state index is 4.70. The molecule has 0 bridgehead atoms. The van der Waals surface area contributed by atoms with Crippen LogP contribution < -0.4 is 10.2 Å². The van der Waals surface area contributed by atoms with E-state index in [0.717, 1.165) is 24.2 Å². The second kappa shape index (κ2) is 12.1. The molecular weight excluding hydrogens is 328 g/mol. The minimum Gasteiger partial charge on any atom is -0.351 e. The number of nitrogens with one attached hydrogen (secondary N) is 1. The zero-order valence-corrected chi connectivity index (χ0v) is 16.4. The summed E-state index contributed by atoms with van der Waals surface area (Å²) in [7, 11) is 0. The van der Waals surface area contributed by atoms with E-state index >= 15 is 0 Å². The second-order valence-corrected chi connectivity index (χ2v) is 7.71. The predicted molar refractivity (Wildman–Crippen MR) is 111 cm³/mol. The Balaban J connectivity index is 1.90. The van der Waals surface area contributed by atoms with Crippen molar-refractivity contribution in [1.82, 2.24) is 9.36 Å². The van der Waals surface area contributed by atoms with Gasteiger partial charge in [0.2, 0.25) is 11.1 Å². The molecule has 0 saturated heterocycles. The summed E-state index contributed by atoms with van der Waals surface area (Å²) in [6.45, 7) is 9.18. The number of aromatic nitrogens is 2. The van der Waals surface area contributed by atoms with Crippen molar-refractivity contribution >= 4 is 22.6 Å². The molecule has 0 radical (unpaired) electrons. The van der Waals surface area contributed by atoms with E-state index < -0.39 is 0 Å². The van der Waals surface area contributed by atoms with Gasteiger partial charge in [0.15, 0.2) is 0 Å². The number of hydrogen-bond acceptors (Lipinski definition) is 5. The van der Waals surface area contributed by atoms with Crippen molar-refractivity contribution in [2.75, 3.05) is 23.3 Å². The molecule has 4 nitrogen and oxygen atoms in total. The topological polar surface area (TPSA) is 41.1 Å². The Morgan fingerprint density at radius 1 is 0.920 bits per heavy atom. The fourth-order valence-electron chi connectivity index (χ4n) is 3.44. The first kappa shape index (κ1) is 20.0. The molecule has 0 atom stereocenters. The summed E-state index contributed by atoms with van der Waals surface area (Å²) in [5, 5.41) is 4.54. The van der Waals surface area contributed by atoms with Crippen molar-refractivity contribution in [3.05, 3.63) is 25.3 Å². The summed E-state index contributed by atoms with van der Waals surface area (Å²) in [5.74, 6) is 0.787. The third-order valence-electron chi connectivity index (χ3n) is 4.82. The molecule has 0 unspecified atom stereocenters. The Bertz CT molecular complexity index is 478. The normalized spacial score (nSPS) is 17.9. The molecule has 1 aliphatic rings. The largest absolute Gasteiger partial charge is 0.351 e. The molecule has 1 aromatic rings. The fourth-order valence-corrected chi connectivity index (χ4v) is 4.09. The summed E-state index contributed by atoms with van der Waals surface area (Å²) >= 11 is 1.46. The molecule has 1 aliphatic carbocycles. The Hall–Kier alpha value is -1.36. The highest BCUT2D eigenvalue weighted by molar-refractivity contribution is 7.09. The predicted octanol–water partition coefficient (Wildman–Crippen LogP) is 5.80. The molecule has 0 amide bonds. The van der Waals surface area contributed by atoms with E-state index in [1.54, 1.807) is 0 Å². The first-order valence-corrected chi connectivity index (χ1v) is 10.7. The van der Waals surface area contributed by atoms with Gasteiger partial charge in [-0.15, -0.1) is 13.2 Å². The number of hydrogen-bond donors (Lipinski definition) is 1. The smallest absolute Gasteiger partial charge is 0.236 e. The van der Waals surface area contributed by atoms with Gasteiger partial charge in [-0.1, -0.05) is 69.9 Å². The number of nitrogens with zero attached hydrogens (tertiary/aromatic N) is 3. The second-order valence-electron chi connectivity index (χ2n) is 6.98. The summed E-state index contributed by atoms with van der Waals surface area (Å²) in [6.07, 6.45) is 18.6. The monoisotopic (exact) mass is 362 g/mol. The minimum atomic E-state index is 0.508. The molecule has 0 aromatic carbocycles. The highest BCUT2D eigenvalue weighted by Crippen LogP contribution is 2.23. The van der Waals surface area contributed by atoms with E-state index in [2.05, 4.69) is 27.7 Å². The standard InChI is InChI=1S/C20H34N4S/c1-3-16-24(17-4-2)20-22-19(23-25-20)21-18-14-12-10-8-6-5-7-9-11-13-15-18/h3-4,18H,1-2,5-17H2,(H,21,23). The van der Waals surface area contributed by atoms with Crippen molar-refractivity contribution in [2.45, 2.75) is 76.7 Å². The molecule has 5 heteroatoms. The van der Waals surface area contributed by atoms with E-state index in [-0.39, 0.29) is 0 Å². The molecule has 1 fully saturated rings. The Morgan fingerprint density at radius 3 is 1.96 bits per heavy atom. The van der Waals surface area contributed by atoms with Crippen molar-refractivity contribution < 1.29 is 0 Å². The van der Waals surface area contributed by atoms with Crippen molar-refractivity contribution in [2.24, 2.45) is 0 Å². The lowest BCUT2D eigenvalue weighted by atomic mass is 9.98. The van der Waals surface area contributed by atoms with Gasteiger partial charge in [-0.05, 0) is 12.8 Å². The van der Waals surface area contributed by atoms with Crippen LogP contribution in [0.15, 0.2) is 25.3 Å². The van der Waals surface area contributed by atoms with Gasteiger partial charge in [0.1, 0.15) is 0 Å². The van der Waals surface area contributed by atoms with Crippen LogP contribution in [0.25, 0.3) is 0 Å². The van der Waals surface area contributed by atoms with Crippen LogP contribution in [-0.2, 0) is 0 Å². The number of rotatable bonds is 7. The zero-order chi connectivity index (χ0) is 17.7. The van der Waals surface area contributed by atoms with E-state index in [0.29, 0.717) is 6.04 Å². The van der Waals surface area contributed by atoms with Crippen molar-refractivity contribution in [1.29, 1.82) is 0 Å². The first-order chi connectivity index (χ1) is 12.3. The van der Waals surface area contributed by atoms with Gasteiger partial charge in [-0.3, -0.25) is 0 Å². The van der Waals surface area contributed by atoms with E-state index in [9.17, 15) is 0 Å². The van der Waals surface area contributed by atoms with Crippen LogP contribution in [0.4, 0.5) is 11.1 Å². The molecular formula is C20H34N4S. The van der Waals surface area contributed by atoms with Crippen molar-refractivity contribution in [3.8, 4) is 0 Å². The summed E-state index contributed by atoms with van der Waals surface area (Å²) < 4.78 is 4.53. The maximum atomic E-state index is 4.70. The molecule has 0 spiro atoms. The Morgan fingerprint density at radius 2 is 1.44 bits per heavy atom. The van der Waals surface area contributed by atoms with Gasteiger partial charge in [-0.25, -0.2) is 0 Å². The lowest BCUT2D eigenvalue weighted by Gasteiger charge is -2.19. The van der Waals surface area contributed by atoms with Gasteiger partial charge in [-0.2, -0.15) is 9.36 Å². The summed E-state index contributed by atoms with van der Waals surface area (Å²) in [6, 6.07) is 0.508. The van der Waals surface area contributed by atoms with Gasteiger partial charge < -0.3 is 10.2 Å². The highest BCUT2D eigenvalue weighted by atomic mass is 32.1. The zero-order valence-electron chi connectivity index (χ0n) is 15.6. The molecule has 25 heavy (non-hydrogen) atoms. The van der Waals surface area contributed by atoms with Crippen LogP contribution in [0.5, 0.6) is 0 Å². The summed E-state index contributed by atoms with van der Waals surface area (Å²) in [4.78, 5) is 6.84. The SMILES string of the molecule is C=CCN(CC=C)c1nc(NC2CCCCCCCCCCC2)ns1. The third-order valence-corrected chi connectivity index (χ3v) is 5.60. The average Bonchev–Trinajstić information content (AvgIpc) is 3.05. The molecule has 1 heterocycles. The molecule has 140 valence electrons.